The Bertz CT molecular complexity index is 5960. The summed E-state index contributed by atoms with van der Waals surface area (Å²) in [7, 11) is 7.51. The fraction of sp³-hybridized carbons (Fsp3) is 0.340. The van der Waals surface area contributed by atoms with Crippen LogP contribution in [0.4, 0.5) is 0 Å². The molecule has 0 spiro atoms. The molecule has 1 fully saturated rings. The predicted octanol–water partition coefficient (Wildman–Crippen LogP) is 18.3. The number of esters is 1. The molecule has 0 amide bonds. The minimum Gasteiger partial charge on any atom is -0.490 e. The molecule has 30 heteroatoms. The molecule has 4 N–H and O–H groups in total. The van der Waals surface area contributed by atoms with Crippen LogP contribution >= 0.6 is 0 Å². The number of H-pyrrole nitrogens is 3. The van der Waals surface area contributed by atoms with Crippen molar-refractivity contribution in [1.82, 2.24) is 75.2 Å². The predicted molar refractivity (Wildman–Crippen MR) is 474 cm³/mol. The third kappa shape index (κ3) is 21.9. The summed E-state index contributed by atoms with van der Waals surface area (Å²) >= 11 is 0. The van der Waals surface area contributed by atoms with Crippen molar-refractivity contribution in [3.63, 3.8) is 0 Å². The molecule has 1 aliphatic rings. The van der Waals surface area contributed by atoms with Crippen molar-refractivity contribution in [3.05, 3.63) is 187 Å². The Labute approximate surface area is 719 Å². The SMILES string of the molecule is CCOc1ccc(-c2nc(-c3ccc4[nH]cc(CN5CCCC5)c4c3)no2)cc1OCC.CCOc1ccc(-c2nc(-c3cccc4[nH]cc(CCCCN(C)C)c34)no2)cc1OCC.CCOc1ccc(-c2nc(-c3cccc4[nH]cc(CN(C)CCO)c34)no2)cc1OCC.CCOc1ccc(-c2nc(-c3cncc(C(=O)OC)c3)no2)cc1OCC. The van der Waals surface area contributed by atoms with Gasteiger partial charge in [-0.05, 0) is 254 Å². The van der Waals surface area contributed by atoms with Gasteiger partial charge in [0.05, 0.1) is 72.1 Å². The second-order valence-electron chi connectivity index (χ2n) is 29.1. The molecule has 0 unspecified atom stereocenters. The first-order chi connectivity index (χ1) is 60.6. The van der Waals surface area contributed by atoms with Gasteiger partial charge in [-0.2, -0.15) is 19.9 Å². The summed E-state index contributed by atoms with van der Waals surface area (Å²) in [5, 5.41) is 29.4. The number of carbonyl (C=O) groups is 1. The summed E-state index contributed by atoms with van der Waals surface area (Å²) in [5.41, 5.74) is 13.6. The number of aromatic amines is 3. The Balaban J connectivity index is 0.000000142. The second-order valence-corrected chi connectivity index (χ2v) is 29.1. The highest BCUT2D eigenvalue weighted by Gasteiger charge is 2.24. The van der Waals surface area contributed by atoms with Gasteiger partial charge in [-0.3, -0.25) is 14.8 Å². The Morgan fingerprint density at radius 3 is 1.30 bits per heavy atom. The van der Waals surface area contributed by atoms with Gasteiger partial charge in [0.1, 0.15) is 0 Å². The van der Waals surface area contributed by atoms with Crippen molar-refractivity contribution in [2.75, 3.05) is 114 Å². The number of likely N-dealkylation sites (N-methyl/N-ethyl adjacent to an activating group) is 1. The van der Waals surface area contributed by atoms with Crippen LogP contribution in [0.3, 0.4) is 0 Å². The smallest absolute Gasteiger partial charge is 0.339 e. The van der Waals surface area contributed by atoms with Gasteiger partial charge < -0.3 is 85.7 Å². The number of unbranched alkanes of at least 4 members (excludes halogenated alkanes) is 1. The van der Waals surface area contributed by atoms with Gasteiger partial charge in [0.2, 0.25) is 23.3 Å². The van der Waals surface area contributed by atoms with E-state index in [1.54, 1.807) is 24.4 Å². The molecule has 16 rings (SSSR count). The highest BCUT2D eigenvalue weighted by atomic mass is 16.5. The minimum atomic E-state index is -0.485. The second kappa shape index (κ2) is 43.4. The number of methoxy groups -OCH3 is 1. The number of rotatable bonds is 36. The van der Waals surface area contributed by atoms with E-state index in [9.17, 15) is 9.90 Å². The van der Waals surface area contributed by atoms with Gasteiger partial charge in [-0.25, -0.2) is 4.79 Å². The number of nitrogens with zero attached hydrogens (tertiary/aromatic N) is 12. The quantitative estimate of drug-likeness (QED) is 0.0209. The number of hydrogen-bond acceptors (Lipinski definition) is 27. The molecule has 0 radical (unpaired) electrons. The Kier molecular flexibility index (Phi) is 30.9. The molecule has 30 nitrogen and oxygen atoms in total. The van der Waals surface area contributed by atoms with E-state index in [-0.39, 0.29) is 6.61 Å². The third-order valence-electron chi connectivity index (χ3n) is 20.2. The summed E-state index contributed by atoms with van der Waals surface area (Å²) in [6.45, 7) is 25.6. The molecule has 648 valence electrons. The molecule has 124 heavy (non-hydrogen) atoms. The number of aryl methyl sites for hydroxylation is 1. The Hall–Kier alpha value is -13.4. The van der Waals surface area contributed by atoms with Crippen LogP contribution in [0.1, 0.15) is 108 Å². The van der Waals surface area contributed by atoms with Crippen LogP contribution in [0, 0.1) is 0 Å². The van der Waals surface area contributed by atoms with Crippen LogP contribution in [0.5, 0.6) is 46.0 Å². The summed E-state index contributed by atoms with van der Waals surface area (Å²) in [6, 6.07) is 42.3. The first kappa shape index (κ1) is 88.4. The number of benzene rings is 7. The van der Waals surface area contributed by atoms with E-state index in [1.165, 1.54) is 55.8 Å². The number of aliphatic hydroxyl groups excluding tert-OH is 1. The molecule has 0 saturated carbocycles. The van der Waals surface area contributed by atoms with Crippen molar-refractivity contribution in [2.24, 2.45) is 0 Å². The number of likely N-dealkylation sites (tertiary alicyclic amines) is 1. The standard InChI is InChI=1S/C26H32N4O3.C25H28N4O3.C24H28N4O4.C19H19N3O5/c1-5-31-22-14-13-18(16-23(22)32-6-2)26-28-25(29-33-26)20-11-9-12-21-24(20)19(17-27-21)10-7-8-15-30(3)4;1-3-30-22-10-8-18(14-23(22)31-4-2)25-27-24(28-32-25)17-7-9-21-20(13-17)19(15-26-21)16-29-11-5-6-12-29;1-4-30-20-10-9-16(13-21(20)31-5-2)24-26-23(27-32-24)18-7-6-8-19-22(18)17(14-25-19)15-28(3)11-12-29;1-4-25-15-7-6-12(9-16(15)26-5-2)18-21-17(22-27-18)13-8-14(11-20-10-13)19(23)24-3/h9,11-14,16-17,27H,5-8,10,15H2,1-4H3;7-10,13-15,26H,3-6,11-12,16H2,1-2H3;6-10,13-14,25,29H,4-5,11-12,15H2,1-3H3;6-11H,4-5H2,1-3H3. The normalized spacial score (nSPS) is 12.0. The zero-order valence-corrected chi connectivity index (χ0v) is 72.3. The van der Waals surface area contributed by atoms with Gasteiger partial charge >= 0.3 is 5.97 Å². The lowest BCUT2D eigenvalue weighted by atomic mass is 10.0. The molecule has 1 saturated heterocycles. The Morgan fingerprint density at radius 2 is 0.847 bits per heavy atom. The fourth-order valence-corrected chi connectivity index (χ4v) is 14.5. The Morgan fingerprint density at radius 1 is 0.435 bits per heavy atom. The average molecular weight is 1690 g/mol. The van der Waals surface area contributed by atoms with Crippen molar-refractivity contribution in [3.8, 4) is 137 Å². The van der Waals surface area contributed by atoms with E-state index in [2.05, 4.69) is 121 Å². The van der Waals surface area contributed by atoms with E-state index < -0.39 is 5.97 Å². The van der Waals surface area contributed by atoms with E-state index in [0.29, 0.717) is 175 Å². The lowest BCUT2D eigenvalue weighted by Gasteiger charge is -2.14. The highest BCUT2D eigenvalue weighted by molar-refractivity contribution is 5.98. The van der Waals surface area contributed by atoms with Gasteiger partial charge in [-0.1, -0.05) is 44.9 Å². The van der Waals surface area contributed by atoms with Gasteiger partial charge in [0.25, 0.3) is 23.6 Å². The topological polar surface area (TPSA) is 346 Å². The zero-order chi connectivity index (χ0) is 86.9. The molecular weight excluding hydrogens is 1580 g/mol. The number of fused-ring (bicyclic) bond motifs is 3. The number of nitrogens with one attached hydrogen (secondary N) is 3. The molecule has 1 aliphatic heterocycles. The summed E-state index contributed by atoms with van der Waals surface area (Å²) in [4.78, 5) is 51.0. The number of hydrogen-bond donors (Lipinski definition) is 4. The van der Waals surface area contributed by atoms with Gasteiger partial charge in [-0.15, -0.1) is 0 Å². The van der Waals surface area contributed by atoms with Crippen LogP contribution in [0.2, 0.25) is 0 Å². The van der Waals surface area contributed by atoms with Crippen LogP contribution in [-0.2, 0) is 24.2 Å². The lowest BCUT2D eigenvalue weighted by molar-refractivity contribution is 0.0600. The van der Waals surface area contributed by atoms with E-state index >= 15 is 0 Å². The zero-order valence-electron chi connectivity index (χ0n) is 72.3. The van der Waals surface area contributed by atoms with E-state index in [0.717, 1.165) is 98.6 Å². The minimum absolute atomic E-state index is 0.117. The third-order valence-corrected chi connectivity index (χ3v) is 20.2. The molecule has 8 aromatic heterocycles. The maximum Gasteiger partial charge on any atom is 0.339 e. The maximum absolute atomic E-state index is 11.7. The van der Waals surface area contributed by atoms with E-state index in [4.69, 9.17) is 65.7 Å². The molecule has 7 aromatic carbocycles. The number of aromatic nitrogens is 12. The monoisotopic (exact) mass is 1690 g/mol. The van der Waals surface area contributed by atoms with Crippen LogP contribution in [-0.4, -0.2) is 200 Å². The van der Waals surface area contributed by atoms with Crippen molar-refractivity contribution < 1.29 is 70.6 Å². The van der Waals surface area contributed by atoms with Gasteiger partial charge in [0.15, 0.2) is 46.0 Å². The first-order valence-corrected chi connectivity index (χ1v) is 42.1. The lowest BCUT2D eigenvalue weighted by Crippen LogP contribution is -2.21. The molecule has 15 aromatic rings. The van der Waals surface area contributed by atoms with Crippen molar-refractivity contribution in [1.29, 1.82) is 0 Å². The van der Waals surface area contributed by atoms with Crippen LogP contribution in [0.15, 0.2) is 183 Å². The van der Waals surface area contributed by atoms with Crippen molar-refractivity contribution in [2.45, 2.75) is 101 Å². The highest BCUT2D eigenvalue weighted by Crippen LogP contribution is 2.41. The average Bonchev–Trinajstić information content (AvgIpc) is 1.63. The number of pyridine rings is 1. The first-order valence-electron chi connectivity index (χ1n) is 42.1. The molecular formula is C94H107N15O15. The van der Waals surface area contributed by atoms with Crippen molar-refractivity contribution >= 4 is 38.7 Å². The molecule has 0 atom stereocenters. The summed E-state index contributed by atoms with van der Waals surface area (Å²) in [5.74, 6) is 8.48. The number of carbonyl (C=O) groups excluding carboxylic acids is 1. The number of aliphatic hydroxyl groups is 1. The van der Waals surface area contributed by atoms with Crippen LogP contribution in [0.25, 0.3) is 124 Å². The molecule has 9 heterocycles. The van der Waals surface area contributed by atoms with Crippen LogP contribution < -0.4 is 37.9 Å². The largest absolute Gasteiger partial charge is 0.490 e. The van der Waals surface area contributed by atoms with Gasteiger partial charge in [0, 0.05) is 128 Å². The molecule has 0 bridgehead atoms. The maximum atomic E-state index is 11.7. The summed E-state index contributed by atoms with van der Waals surface area (Å²) in [6.07, 6.45) is 15.0. The van der Waals surface area contributed by atoms with E-state index in [1.807, 2.05) is 160 Å². The number of ether oxygens (including phenoxy) is 9. The summed E-state index contributed by atoms with van der Waals surface area (Å²) < 4.78 is 72.3. The molecule has 0 aliphatic carbocycles. The fourth-order valence-electron chi connectivity index (χ4n) is 14.5.